The van der Waals surface area contributed by atoms with Gasteiger partial charge in [0.25, 0.3) is 0 Å². The minimum atomic E-state index is -0.0949. The molecule has 0 aliphatic carbocycles. The Morgan fingerprint density at radius 2 is 1.71 bits per heavy atom. The Morgan fingerprint density at radius 1 is 1.12 bits per heavy atom. The molecule has 0 spiro atoms. The molecular formula is C21H36O2S. The predicted octanol–water partition coefficient (Wildman–Crippen LogP) is 6.26. The molecule has 0 amide bonds. The zero-order chi connectivity index (χ0) is 18.5. The Labute approximate surface area is 153 Å². The van der Waals surface area contributed by atoms with Crippen molar-refractivity contribution in [2.24, 2.45) is 5.92 Å². The zero-order valence-corrected chi connectivity index (χ0v) is 17.7. The van der Waals surface area contributed by atoms with Crippen LogP contribution < -0.4 is 0 Å². The van der Waals surface area contributed by atoms with Crippen molar-refractivity contribution in [3.63, 3.8) is 0 Å². The first-order valence-electron chi connectivity index (χ1n) is 9.32. The van der Waals surface area contributed by atoms with Crippen LogP contribution in [0.15, 0.2) is 6.07 Å². The van der Waals surface area contributed by atoms with Gasteiger partial charge in [-0.05, 0) is 47.6 Å². The molecule has 0 atom stereocenters. The molecule has 2 nitrogen and oxygen atoms in total. The van der Waals surface area contributed by atoms with E-state index in [1.807, 2.05) is 11.3 Å². The lowest BCUT2D eigenvalue weighted by Crippen LogP contribution is -2.18. The molecule has 0 radical (unpaired) electrons. The summed E-state index contributed by atoms with van der Waals surface area (Å²) in [7, 11) is 0. The van der Waals surface area contributed by atoms with Gasteiger partial charge in [0.2, 0.25) is 0 Å². The molecule has 1 aromatic heterocycles. The van der Waals surface area contributed by atoms with E-state index in [0.29, 0.717) is 18.9 Å². The Morgan fingerprint density at radius 3 is 2.21 bits per heavy atom. The summed E-state index contributed by atoms with van der Waals surface area (Å²) in [6.45, 7) is 18.4. The molecule has 0 N–H and O–H groups in total. The lowest BCUT2D eigenvalue weighted by molar-refractivity contribution is -0.143. The van der Waals surface area contributed by atoms with E-state index in [0.717, 1.165) is 24.8 Å². The fourth-order valence-corrected chi connectivity index (χ4v) is 3.94. The summed E-state index contributed by atoms with van der Waals surface area (Å²) in [5.74, 6) is 0.466. The van der Waals surface area contributed by atoms with Gasteiger partial charge >= 0.3 is 5.97 Å². The van der Waals surface area contributed by atoms with Crippen molar-refractivity contribution in [3.8, 4) is 0 Å². The molecule has 1 aromatic rings. The van der Waals surface area contributed by atoms with Crippen LogP contribution in [0.1, 0.15) is 90.0 Å². The van der Waals surface area contributed by atoms with E-state index < -0.39 is 0 Å². The summed E-state index contributed by atoms with van der Waals surface area (Å²) in [5, 5.41) is 0. The van der Waals surface area contributed by atoms with Crippen LogP contribution in [-0.4, -0.2) is 12.6 Å². The molecule has 0 aliphatic rings. The molecule has 0 saturated heterocycles. The topological polar surface area (TPSA) is 26.3 Å². The number of thiophene rings is 1. The van der Waals surface area contributed by atoms with E-state index in [4.69, 9.17) is 4.74 Å². The van der Waals surface area contributed by atoms with Crippen molar-refractivity contribution < 1.29 is 9.53 Å². The number of hydrogen-bond acceptors (Lipinski definition) is 3. The maximum absolute atomic E-state index is 12.3. The van der Waals surface area contributed by atoms with Crippen LogP contribution in [-0.2, 0) is 26.8 Å². The highest BCUT2D eigenvalue weighted by molar-refractivity contribution is 7.12. The molecule has 0 unspecified atom stereocenters. The fourth-order valence-electron chi connectivity index (χ4n) is 2.42. The molecule has 0 aromatic carbocycles. The van der Waals surface area contributed by atoms with Crippen molar-refractivity contribution >= 4 is 17.3 Å². The van der Waals surface area contributed by atoms with Gasteiger partial charge in [-0.1, -0.05) is 55.4 Å². The second kappa shape index (κ2) is 8.51. The lowest BCUT2D eigenvalue weighted by atomic mass is 9.84. The first-order chi connectivity index (χ1) is 11.0. The van der Waals surface area contributed by atoms with E-state index in [-0.39, 0.29) is 16.8 Å². The fraction of sp³-hybridized carbons (Fsp3) is 0.762. The molecule has 0 aliphatic heterocycles. The smallest absolute Gasteiger partial charge is 0.310 e. The normalized spacial score (nSPS) is 12.7. The number of rotatable bonds is 9. The number of esters is 1. The summed E-state index contributed by atoms with van der Waals surface area (Å²) in [4.78, 5) is 15.0. The SMILES string of the molecule is CCC(C)(C)c1cc(CC(=O)OCCC(C)C)c(C(C)(C)CC)s1. The van der Waals surface area contributed by atoms with E-state index in [2.05, 4.69) is 61.5 Å². The molecule has 138 valence electrons. The highest BCUT2D eigenvalue weighted by Gasteiger charge is 2.29. The maximum atomic E-state index is 12.3. The van der Waals surface area contributed by atoms with Crippen LogP contribution in [0.4, 0.5) is 0 Å². The summed E-state index contributed by atoms with van der Waals surface area (Å²) < 4.78 is 5.44. The van der Waals surface area contributed by atoms with Gasteiger partial charge in [-0.2, -0.15) is 0 Å². The highest BCUT2D eigenvalue weighted by atomic mass is 32.1. The summed E-state index contributed by atoms with van der Waals surface area (Å²) >= 11 is 1.89. The van der Waals surface area contributed by atoms with Crippen molar-refractivity contribution in [3.05, 3.63) is 21.4 Å². The Hall–Kier alpha value is -0.830. The number of carbonyl (C=O) groups excluding carboxylic acids is 1. The van der Waals surface area contributed by atoms with Crippen molar-refractivity contribution in [1.82, 2.24) is 0 Å². The average Bonchev–Trinajstić information content (AvgIpc) is 2.92. The molecule has 24 heavy (non-hydrogen) atoms. The van der Waals surface area contributed by atoms with Crippen molar-refractivity contribution in [2.45, 2.75) is 91.9 Å². The van der Waals surface area contributed by atoms with Crippen molar-refractivity contribution in [1.29, 1.82) is 0 Å². The average molecular weight is 353 g/mol. The predicted molar refractivity (Wildman–Crippen MR) is 105 cm³/mol. The van der Waals surface area contributed by atoms with Gasteiger partial charge in [0, 0.05) is 9.75 Å². The van der Waals surface area contributed by atoms with E-state index in [1.54, 1.807) is 0 Å². The molecule has 0 bridgehead atoms. The Bertz CT molecular complexity index is 538. The maximum Gasteiger partial charge on any atom is 0.310 e. The van der Waals surface area contributed by atoms with E-state index in [9.17, 15) is 4.79 Å². The Kier molecular flexibility index (Phi) is 7.52. The van der Waals surface area contributed by atoms with Crippen LogP contribution in [0.3, 0.4) is 0 Å². The number of hydrogen-bond donors (Lipinski definition) is 0. The van der Waals surface area contributed by atoms with Gasteiger partial charge in [0.15, 0.2) is 0 Å². The summed E-state index contributed by atoms with van der Waals surface area (Å²) in [6, 6.07) is 2.25. The highest BCUT2D eigenvalue weighted by Crippen LogP contribution is 2.41. The molecule has 3 heteroatoms. The van der Waals surface area contributed by atoms with Gasteiger partial charge in [0.1, 0.15) is 0 Å². The van der Waals surface area contributed by atoms with Crippen LogP contribution in [0.5, 0.6) is 0 Å². The second-order valence-electron chi connectivity index (χ2n) is 8.52. The van der Waals surface area contributed by atoms with Gasteiger partial charge < -0.3 is 4.74 Å². The molecule has 0 fully saturated rings. The zero-order valence-electron chi connectivity index (χ0n) is 16.9. The third-order valence-corrected chi connectivity index (χ3v) is 7.06. The monoisotopic (exact) mass is 352 g/mol. The quantitative estimate of drug-likeness (QED) is 0.491. The first kappa shape index (κ1) is 21.2. The third-order valence-electron chi connectivity index (χ3n) is 5.15. The van der Waals surface area contributed by atoms with Gasteiger partial charge in [0.05, 0.1) is 13.0 Å². The van der Waals surface area contributed by atoms with Crippen molar-refractivity contribution in [2.75, 3.05) is 6.61 Å². The van der Waals surface area contributed by atoms with Gasteiger partial charge in [-0.15, -0.1) is 11.3 Å². The van der Waals surface area contributed by atoms with Crippen LogP contribution >= 0.6 is 11.3 Å². The van der Waals surface area contributed by atoms with E-state index >= 15 is 0 Å². The number of ether oxygens (including phenoxy) is 1. The molecule has 0 saturated carbocycles. The van der Waals surface area contributed by atoms with Gasteiger partial charge in [-0.3, -0.25) is 4.79 Å². The minimum absolute atomic E-state index is 0.0949. The van der Waals surface area contributed by atoms with Crippen LogP contribution in [0.2, 0.25) is 0 Å². The standard InChI is InChI=1S/C21H36O2S/c1-9-20(5,6)17-13-16(19(24-17)21(7,8)10-2)14-18(22)23-12-11-15(3)4/h13,15H,9-12,14H2,1-8H3. The largest absolute Gasteiger partial charge is 0.465 e. The third kappa shape index (κ3) is 5.61. The second-order valence-corrected chi connectivity index (χ2v) is 9.57. The van der Waals surface area contributed by atoms with Crippen LogP contribution in [0.25, 0.3) is 0 Å². The lowest BCUT2D eigenvalue weighted by Gasteiger charge is -2.24. The first-order valence-corrected chi connectivity index (χ1v) is 10.1. The molecule has 1 heterocycles. The summed E-state index contributed by atoms with van der Waals surface area (Å²) in [6.07, 6.45) is 3.48. The van der Waals surface area contributed by atoms with E-state index in [1.165, 1.54) is 9.75 Å². The molecular weight excluding hydrogens is 316 g/mol. The summed E-state index contributed by atoms with van der Waals surface area (Å²) in [5.41, 5.74) is 1.42. The van der Waals surface area contributed by atoms with Crippen LogP contribution in [0, 0.1) is 5.92 Å². The molecule has 1 rings (SSSR count). The van der Waals surface area contributed by atoms with Gasteiger partial charge in [-0.25, -0.2) is 0 Å². The number of carbonyl (C=O) groups is 1. The Balaban J connectivity index is 3.01. The minimum Gasteiger partial charge on any atom is -0.465 e.